The van der Waals surface area contributed by atoms with E-state index in [4.69, 9.17) is 34.8 Å². The molecule has 2 amide bonds. The van der Waals surface area contributed by atoms with E-state index in [-0.39, 0.29) is 0 Å². The molecule has 8 heteroatoms. The molecule has 3 N–H and O–H groups in total. The van der Waals surface area contributed by atoms with Crippen molar-refractivity contribution in [3.05, 3.63) is 0 Å². The summed E-state index contributed by atoms with van der Waals surface area (Å²) in [5.74, 6) is -1.44. The Balaban J connectivity index is 3.13. The van der Waals surface area contributed by atoms with Crippen molar-refractivity contribution in [3.8, 4) is 0 Å². The number of urea groups is 1. The SMILES string of the molecule is CC(=O)C1C(C(Cl)(Cl)Cl)NC(=O)NC1(C)O. The molecule has 0 aromatic heterocycles. The monoisotopic (exact) mass is 288 g/mol. The van der Waals surface area contributed by atoms with Crippen LogP contribution in [0.25, 0.3) is 0 Å². The van der Waals surface area contributed by atoms with Crippen LogP contribution in [0.2, 0.25) is 0 Å². The predicted octanol–water partition coefficient (Wildman–Crippen LogP) is 0.952. The van der Waals surface area contributed by atoms with Gasteiger partial charge in [0.05, 0.1) is 12.0 Å². The lowest BCUT2D eigenvalue weighted by Gasteiger charge is -2.44. The van der Waals surface area contributed by atoms with E-state index in [1.54, 1.807) is 0 Å². The van der Waals surface area contributed by atoms with Crippen LogP contribution in [0.15, 0.2) is 0 Å². The van der Waals surface area contributed by atoms with Crippen molar-refractivity contribution < 1.29 is 14.7 Å². The third kappa shape index (κ3) is 2.71. The van der Waals surface area contributed by atoms with Crippen LogP contribution in [0, 0.1) is 5.92 Å². The average molecular weight is 290 g/mol. The molecule has 5 nitrogen and oxygen atoms in total. The third-order valence-corrected chi connectivity index (χ3v) is 3.09. The normalized spacial score (nSPS) is 35.2. The van der Waals surface area contributed by atoms with E-state index in [1.807, 2.05) is 0 Å². The predicted molar refractivity (Wildman–Crippen MR) is 60.5 cm³/mol. The molecule has 1 heterocycles. The Labute approximate surface area is 107 Å². The quantitative estimate of drug-likeness (QED) is 0.629. The number of aliphatic hydroxyl groups is 1. The summed E-state index contributed by atoms with van der Waals surface area (Å²) in [5, 5.41) is 14.5. The number of hydrogen-bond acceptors (Lipinski definition) is 3. The zero-order chi connectivity index (χ0) is 12.7. The van der Waals surface area contributed by atoms with E-state index in [0.717, 1.165) is 0 Å². The lowest BCUT2D eigenvalue weighted by Crippen LogP contribution is -2.71. The molecule has 16 heavy (non-hydrogen) atoms. The van der Waals surface area contributed by atoms with E-state index < -0.39 is 33.3 Å². The number of ketones is 1. The van der Waals surface area contributed by atoms with Crippen LogP contribution in [-0.4, -0.2) is 32.5 Å². The van der Waals surface area contributed by atoms with Crippen molar-refractivity contribution in [3.63, 3.8) is 0 Å². The van der Waals surface area contributed by atoms with Gasteiger partial charge in [0.1, 0.15) is 11.5 Å². The van der Waals surface area contributed by atoms with Crippen molar-refractivity contribution in [1.29, 1.82) is 0 Å². The molecule has 0 spiro atoms. The maximum Gasteiger partial charge on any atom is 0.317 e. The van der Waals surface area contributed by atoms with Crippen molar-refractivity contribution in [2.45, 2.75) is 29.4 Å². The second-order valence-electron chi connectivity index (χ2n) is 3.85. The molecule has 92 valence electrons. The zero-order valence-electron chi connectivity index (χ0n) is 8.55. The molecule has 3 unspecified atom stereocenters. The maximum absolute atomic E-state index is 11.5. The number of carbonyl (C=O) groups excluding carboxylic acids is 2. The minimum atomic E-state index is -1.88. The molecule has 0 saturated carbocycles. The highest BCUT2D eigenvalue weighted by atomic mass is 35.6. The van der Waals surface area contributed by atoms with Crippen LogP contribution in [-0.2, 0) is 4.79 Å². The minimum Gasteiger partial charge on any atom is -0.370 e. The number of carbonyl (C=O) groups is 2. The summed E-state index contributed by atoms with van der Waals surface area (Å²) in [5.41, 5.74) is -1.75. The molecule has 3 atom stereocenters. The Morgan fingerprint density at radius 1 is 1.50 bits per heavy atom. The Hall–Kier alpha value is -0.230. The van der Waals surface area contributed by atoms with E-state index >= 15 is 0 Å². The van der Waals surface area contributed by atoms with Gasteiger partial charge < -0.3 is 15.7 Å². The summed E-state index contributed by atoms with van der Waals surface area (Å²) in [6, 6.07) is -1.78. The van der Waals surface area contributed by atoms with Crippen LogP contribution >= 0.6 is 34.8 Å². The van der Waals surface area contributed by atoms with E-state index in [1.165, 1.54) is 13.8 Å². The molecule has 1 rings (SSSR count). The van der Waals surface area contributed by atoms with Gasteiger partial charge >= 0.3 is 6.03 Å². The standard InChI is InChI=1S/C8H11Cl3N2O3/c1-3(14)4-5(8(9,10)11)12-6(15)13-7(4,2)16/h4-5,16H,1-2H3,(H2,12,13,15). The molecular weight excluding hydrogens is 278 g/mol. The fourth-order valence-electron chi connectivity index (χ4n) is 1.79. The number of rotatable bonds is 1. The summed E-state index contributed by atoms with van der Waals surface area (Å²) in [6.07, 6.45) is 0. The van der Waals surface area contributed by atoms with Gasteiger partial charge in [-0.3, -0.25) is 4.79 Å². The molecule has 1 saturated heterocycles. The van der Waals surface area contributed by atoms with Crippen molar-refractivity contribution in [2.75, 3.05) is 0 Å². The Morgan fingerprint density at radius 2 is 2.00 bits per heavy atom. The van der Waals surface area contributed by atoms with Gasteiger partial charge in [-0.05, 0) is 13.8 Å². The third-order valence-electron chi connectivity index (χ3n) is 2.38. The van der Waals surface area contributed by atoms with Crippen LogP contribution in [0.3, 0.4) is 0 Å². The van der Waals surface area contributed by atoms with Crippen molar-refractivity contribution in [2.24, 2.45) is 5.92 Å². The van der Waals surface area contributed by atoms with Gasteiger partial charge in [0.15, 0.2) is 0 Å². The highest BCUT2D eigenvalue weighted by Gasteiger charge is 2.53. The molecule has 1 aliphatic rings. The topological polar surface area (TPSA) is 78.4 Å². The summed E-state index contributed by atoms with van der Waals surface area (Å²) in [6.45, 7) is 2.53. The van der Waals surface area contributed by atoms with Crippen molar-refractivity contribution >= 4 is 46.6 Å². The van der Waals surface area contributed by atoms with E-state index in [9.17, 15) is 14.7 Å². The summed E-state index contributed by atoms with van der Waals surface area (Å²) >= 11 is 17.0. The van der Waals surface area contributed by atoms with Crippen LogP contribution in [0.4, 0.5) is 4.79 Å². The van der Waals surface area contributed by atoms with E-state index in [0.29, 0.717) is 0 Å². The van der Waals surface area contributed by atoms with Crippen LogP contribution in [0.5, 0.6) is 0 Å². The second kappa shape index (κ2) is 4.22. The first kappa shape index (κ1) is 13.8. The van der Waals surface area contributed by atoms with Crippen LogP contribution < -0.4 is 10.6 Å². The summed E-state index contributed by atoms with van der Waals surface area (Å²) in [7, 11) is 0. The highest BCUT2D eigenvalue weighted by molar-refractivity contribution is 6.68. The molecule has 0 aliphatic carbocycles. The first-order valence-corrected chi connectivity index (χ1v) is 5.57. The lowest BCUT2D eigenvalue weighted by atomic mass is 9.85. The van der Waals surface area contributed by atoms with Gasteiger partial charge in [-0.25, -0.2) is 4.79 Å². The minimum absolute atomic E-state index is 0.395. The zero-order valence-corrected chi connectivity index (χ0v) is 10.8. The molecule has 1 fully saturated rings. The number of nitrogens with one attached hydrogen (secondary N) is 2. The Morgan fingerprint density at radius 3 is 2.38 bits per heavy atom. The van der Waals surface area contributed by atoms with E-state index in [2.05, 4.69) is 10.6 Å². The number of amides is 2. The van der Waals surface area contributed by atoms with Crippen LogP contribution in [0.1, 0.15) is 13.8 Å². The molecule has 0 bridgehead atoms. The molecule has 0 aromatic carbocycles. The van der Waals surface area contributed by atoms with Gasteiger partial charge in [-0.1, -0.05) is 34.8 Å². The number of alkyl halides is 3. The van der Waals surface area contributed by atoms with Gasteiger partial charge in [0.25, 0.3) is 0 Å². The number of hydrogen-bond donors (Lipinski definition) is 3. The summed E-state index contributed by atoms with van der Waals surface area (Å²) < 4.78 is -1.88. The second-order valence-corrected chi connectivity index (χ2v) is 6.22. The Kier molecular flexibility index (Phi) is 3.65. The molecule has 0 aromatic rings. The first-order chi connectivity index (χ1) is 7.05. The molecule has 0 radical (unpaired) electrons. The fourth-order valence-corrected chi connectivity index (χ4v) is 2.34. The van der Waals surface area contributed by atoms with Crippen molar-refractivity contribution in [1.82, 2.24) is 10.6 Å². The number of Topliss-reactive ketones (excluding diaryl/α,β-unsaturated/α-hetero) is 1. The summed E-state index contributed by atoms with van der Waals surface area (Å²) in [4.78, 5) is 22.7. The maximum atomic E-state index is 11.5. The Bertz CT molecular complexity index is 327. The largest absolute Gasteiger partial charge is 0.370 e. The highest BCUT2D eigenvalue weighted by Crippen LogP contribution is 2.38. The van der Waals surface area contributed by atoms with Gasteiger partial charge in [-0.15, -0.1) is 0 Å². The smallest absolute Gasteiger partial charge is 0.317 e. The molecule has 1 aliphatic heterocycles. The van der Waals surface area contributed by atoms with Gasteiger partial charge in [0.2, 0.25) is 3.79 Å². The molecular formula is C8H11Cl3N2O3. The average Bonchev–Trinajstić information content (AvgIpc) is 1.97. The fraction of sp³-hybridized carbons (Fsp3) is 0.750. The van der Waals surface area contributed by atoms with Gasteiger partial charge in [-0.2, -0.15) is 0 Å². The first-order valence-electron chi connectivity index (χ1n) is 4.44. The number of halogens is 3. The van der Waals surface area contributed by atoms with Gasteiger partial charge in [0, 0.05) is 0 Å². The lowest BCUT2D eigenvalue weighted by molar-refractivity contribution is -0.134.